The molecule has 1 aliphatic rings. The third kappa shape index (κ3) is 14.5. The lowest BCUT2D eigenvalue weighted by Gasteiger charge is -2.43. The third-order valence-electron chi connectivity index (χ3n) is 11.8. The molecule has 2 heterocycles. The molecule has 0 unspecified atom stereocenters. The van der Waals surface area contributed by atoms with Crippen LogP contribution in [-0.4, -0.2) is 57.5 Å². The standard InChI is InChI=1S/C29H47F3O5Si.C12H23NOSSi/c1-18-13-12-14-22(29(30,31)32)15-16-23(21(4)33)36-24(34)17-19(2)28(8,9)26(35)20(3)25(18)37-38(10,11)27(5,6)7;1-7-10-9-15-11(13-10)8-14-16(5,6)12(2,3)4/h12-13,15,18-20,23,25H,14,16-17H2,1-11H3;9H,7-8H2,1-6H3/b13-12+,22-15+;/t18-,19-,20+,23-,25-;/m0./s1. The molecular formula is C41H70F3NO6SSi2. The van der Waals surface area contributed by atoms with Crippen molar-refractivity contribution in [1.82, 2.24) is 4.98 Å². The van der Waals surface area contributed by atoms with E-state index >= 15 is 0 Å². The number of aromatic nitrogens is 1. The number of halogens is 3. The Kier molecular flexibility index (Phi) is 18.1. The number of carbonyl (C=O) groups excluding carboxylic acids is 3. The first-order valence-corrected chi connectivity index (χ1v) is 25.9. The van der Waals surface area contributed by atoms with Crippen LogP contribution >= 0.6 is 11.3 Å². The van der Waals surface area contributed by atoms with Gasteiger partial charge in [-0.3, -0.25) is 14.4 Å². The lowest BCUT2D eigenvalue weighted by Crippen LogP contribution is -2.50. The van der Waals surface area contributed by atoms with Gasteiger partial charge in [-0.25, -0.2) is 4.98 Å². The van der Waals surface area contributed by atoms with E-state index in [-0.39, 0.29) is 34.6 Å². The van der Waals surface area contributed by atoms with Crippen LogP contribution < -0.4 is 0 Å². The summed E-state index contributed by atoms with van der Waals surface area (Å²) in [4.78, 5) is 43.2. The molecule has 0 N–H and O–H groups in total. The van der Waals surface area contributed by atoms with Gasteiger partial charge in [0.15, 0.2) is 28.5 Å². The molecule has 0 aliphatic carbocycles. The molecule has 0 amide bonds. The number of carbonyl (C=O) groups is 3. The zero-order valence-electron chi connectivity index (χ0n) is 36.2. The van der Waals surface area contributed by atoms with Crippen molar-refractivity contribution in [3.63, 3.8) is 0 Å². The molecule has 1 aromatic rings. The van der Waals surface area contributed by atoms with Gasteiger partial charge in [-0.05, 0) is 67.9 Å². The number of aryl methyl sites for hydroxylation is 1. The molecular weight excluding hydrogens is 748 g/mol. The molecule has 0 saturated carbocycles. The van der Waals surface area contributed by atoms with Crippen molar-refractivity contribution in [2.24, 2.45) is 23.2 Å². The Morgan fingerprint density at radius 2 is 1.56 bits per heavy atom. The average Bonchev–Trinajstić information content (AvgIpc) is 3.49. The number of allylic oxidation sites excluding steroid dienone is 2. The van der Waals surface area contributed by atoms with E-state index in [1.165, 1.54) is 18.7 Å². The van der Waals surface area contributed by atoms with Crippen molar-refractivity contribution >= 4 is 45.5 Å². The highest BCUT2D eigenvalue weighted by molar-refractivity contribution is 7.09. The number of alkyl halides is 3. The summed E-state index contributed by atoms with van der Waals surface area (Å²) in [5, 5.41) is 3.38. The number of esters is 1. The second kappa shape index (κ2) is 19.5. The topological polar surface area (TPSA) is 91.8 Å². The number of hydrogen-bond donors (Lipinski definition) is 0. The maximum Gasteiger partial charge on any atom is 0.412 e. The van der Waals surface area contributed by atoms with Gasteiger partial charge in [-0.15, -0.1) is 11.3 Å². The zero-order valence-corrected chi connectivity index (χ0v) is 39.0. The fourth-order valence-electron chi connectivity index (χ4n) is 5.29. The number of cyclic esters (lactones) is 1. The van der Waals surface area contributed by atoms with Gasteiger partial charge < -0.3 is 13.6 Å². The summed E-state index contributed by atoms with van der Waals surface area (Å²) in [5.74, 6) is -2.70. The largest absolute Gasteiger partial charge is 0.454 e. The van der Waals surface area contributed by atoms with Crippen LogP contribution in [0, 0.1) is 23.2 Å². The normalized spacial score (nSPS) is 25.9. The molecule has 1 aliphatic heterocycles. The molecule has 13 heteroatoms. The first-order chi connectivity index (χ1) is 24.3. The lowest BCUT2D eigenvalue weighted by molar-refractivity contribution is -0.156. The van der Waals surface area contributed by atoms with Crippen LogP contribution in [0.5, 0.6) is 0 Å². The molecule has 310 valence electrons. The maximum atomic E-state index is 13.9. The van der Waals surface area contributed by atoms with Crippen molar-refractivity contribution in [1.29, 1.82) is 0 Å². The number of thiazole rings is 1. The van der Waals surface area contributed by atoms with Crippen LogP contribution in [0.1, 0.15) is 120 Å². The van der Waals surface area contributed by atoms with Crippen LogP contribution in [0.4, 0.5) is 13.2 Å². The minimum atomic E-state index is -4.61. The molecule has 7 nitrogen and oxygen atoms in total. The van der Waals surface area contributed by atoms with Gasteiger partial charge in [0, 0.05) is 35.1 Å². The van der Waals surface area contributed by atoms with Gasteiger partial charge in [-0.2, -0.15) is 13.2 Å². The highest BCUT2D eigenvalue weighted by Crippen LogP contribution is 2.42. The second-order valence-corrected chi connectivity index (χ2v) is 29.0. The van der Waals surface area contributed by atoms with E-state index in [1.807, 2.05) is 6.92 Å². The molecule has 0 radical (unpaired) electrons. The molecule has 5 atom stereocenters. The second-order valence-electron chi connectivity index (χ2n) is 18.5. The Balaban J connectivity index is 0.000000755. The molecule has 54 heavy (non-hydrogen) atoms. The first-order valence-electron chi connectivity index (χ1n) is 19.2. The van der Waals surface area contributed by atoms with E-state index in [9.17, 15) is 27.6 Å². The van der Waals surface area contributed by atoms with Crippen molar-refractivity contribution in [3.05, 3.63) is 39.9 Å². The summed E-state index contributed by atoms with van der Waals surface area (Å²) in [6.45, 7) is 34.8. The molecule has 2 rings (SSSR count). The van der Waals surface area contributed by atoms with Crippen molar-refractivity contribution in [2.45, 2.75) is 177 Å². The Morgan fingerprint density at radius 1 is 1.00 bits per heavy atom. The molecule has 0 spiro atoms. The Labute approximate surface area is 330 Å². The predicted octanol–water partition coefficient (Wildman–Crippen LogP) is 11.8. The summed E-state index contributed by atoms with van der Waals surface area (Å²) in [7, 11) is -3.97. The lowest BCUT2D eigenvalue weighted by atomic mass is 9.69. The number of ether oxygens (including phenoxy) is 1. The molecule has 0 fully saturated rings. The van der Waals surface area contributed by atoms with Gasteiger partial charge in [-0.1, -0.05) is 101 Å². The van der Waals surface area contributed by atoms with Crippen LogP contribution in [-0.2, 0) is 41.0 Å². The minimum absolute atomic E-state index is 0.0900. The van der Waals surface area contributed by atoms with Gasteiger partial charge in [0.1, 0.15) is 10.8 Å². The minimum Gasteiger partial charge on any atom is -0.454 e. The Hall–Kier alpha value is -1.94. The van der Waals surface area contributed by atoms with E-state index in [1.54, 1.807) is 45.1 Å². The Bertz CT molecular complexity index is 1470. The summed E-state index contributed by atoms with van der Waals surface area (Å²) in [6.07, 6.45) is -2.33. The molecule has 0 aromatic carbocycles. The van der Waals surface area contributed by atoms with E-state index in [0.29, 0.717) is 6.61 Å². The van der Waals surface area contributed by atoms with E-state index in [2.05, 4.69) is 85.0 Å². The molecule has 1 aromatic heterocycles. The number of Topliss-reactive ketones (excluding diaryl/α,β-unsaturated/α-hetero) is 2. The van der Waals surface area contributed by atoms with E-state index < -0.39 is 76.0 Å². The third-order valence-corrected chi connectivity index (χ3v) is 21.6. The van der Waals surface area contributed by atoms with Gasteiger partial charge in [0.25, 0.3) is 0 Å². The fraction of sp³-hybridized carbons (Fsp3) is 0.756. The predicted molar refractivity (Wildman–Crippen MR) is 220 cm³/mol. The van der Waals surface area contributed by atoms with E-state index in [0.717, 1.165) is 17.5 Å². The first kappa shape index (κ1) is 50.1. The maximum absolute atomic E-state index is 13.9. The highest BCUT2D eigenvalue weighted by atomic mass is 32.1. The number of nitrogens with zero attached hydrogens (tertiary/aromatic N) is 1. The smallest absolute Gasteiger partial charge is 0.412 e. The quantitative estimate of drug-likeness (QED) is 0.154. The molecule has 0 saturated heterocycles. The van der Waals surface area contributed by atoms with Gasteiger partial charge >= 0.3 is 12.1 Å². The van der Waals surface area contributed by atoms with E-state index in [4.69, 9.17) is 13.6 Å². The summed E-state index contributed by atoms with van der Waals surface area (Å²) < 4.78 is 59.4. The summed E-state index contributed by atoms with van der Waals surface area (Å²) in [5.41, 5.74) is -0.557. The average molecular weight is 818 g/mol. The molecule has 0 bridgehead atoms. The van der Waals surface area contributed by atoms with Crippen LogP contribution in [0.25, 0.3) is 0 Å². The summed E-state index contributed by atoms with van der Waals surface area (Å²) >= 11 is 1.71. The van der Waals surface area contributed by atoms with Gasteiger partial charge in [0.2, 0.25) is 0 Å². The monoisotopic (exact) mass is 817 g/mol. The van der Waals surface area contributed by atoms with Gasteiger partial charge in [0.05, 0.1) is 18.4 Å². The highest BCUT2D eigenvalue weighted by Gasteiger charge is 2.46. The summed E-state index contributed by atoms with van der Waals surface area (Å²) in [6, 6.07) is 0. The number of hydrogen-bond acceptors (Lipinski definition) is 8. The van der Waals surface area contributed by atoms with Crippen LogP contribution in [0.3, 0.4) is 0 Å². The SMILES string of the molecule is CC(=O)[C@@H]1C/C=C(/C(F)(F)F)C/C=C/[C@H](C)[C@H](O[Si](C)(C)C(C)(C)C)[C@@H](C)C(=O)C(C)(C)[C@@H](C)CC(=O)O1.CCc1csc(CO[Si](C)(C)C(C)(C)C)n1. The number of ketones is 2. The Morgan fingerprint density at radius 3 is 2.02 bits per heavy atom. The fourth-order valence-corrected chi connectivity index (χ4v) is 8.57. The van der Waals surface area contributed by atoms with Crippen molar-refractivity contribution < 1.29 is 41.1 Å². The van der Waals surface area contributed by atoms with Crippen LogP contribution in [0.15, 0.2) is 29.2 Å². The van der Waals surface area contributed by atoms with Crippen LogP contribution in [0.2, 0.25) is 36.3 Å². The zero-order chi connectivity index (χ0) is 42.3. The number of rotatable bonds is 7. The van der Waals surface area contributed by atoms with Crippen molar-refractivity contribution in [3.8, 4) is 0 Å². The van der Waals surface area contributed by atoms with Crippen molar-refractivity contribution in [2.75, 3.05) is 0 Å².